The third kappa shape index (κ3) is 3.10. The zero-order chi connectivity index (χ0) is 14.7. The zero-order valence-corrected chi connectivity index (χ0v) is 13.0. The normalized spacial score (nSPS) is 11.1. The number of hydrazone groups is 1. The van der Waals surface area contributed by atoms with Gasteiger partial charge in [-0.15, -0.1) is 0 Å². The Balaban J connectivity index is 1.72. The van der Waals surface area contributed by atoms with Gasteiger partial charge in [0.05, 0.1) is 22.8 Å². The molecule has 3 aromatic rings. The number of H-pyrrole nitrogens is 1. The number of imidazole rings is 1. The Bertz CT molecular complexity index is 792. The van der Waals surface area contributed by atoms with Crippen molar-refractivity contribution < 1.29 is 4.79 Å². The average molecular weight is 390 g/mol. The third-order valence-electron chi connectivity index (χ3n) is 2.88. The fourth-order valence-corrected chi connectivity index (χ4v) is 2.52. The van der Waals surface area contributed by atoms with Crippen LogP contribution < -0.4 is 5.43 Å². The molecule has 0 atom stereocenters. The highest BCUT2D eigenvalue weighted by Gasteiger charge is 2.07. The molecule has 104 valence electrons. The number of rotatable bonds is 3. The second-order valence-corrected chi connectivity index (χ2v) is 5.48. The Morgan fingerprint density at radius 1 is 1.19 bits per heavy atom. The van der Waals surface area contributed by atoms with E-state index < -0.39 is 0 Å². The van der Waals surface area contributed by atoms with E-state index in [1.54, 1.807) is 6.07 Å². The van der Waals surface area contributed by atoms with Crippen molar-refractivity contribution in [3.63, 3.8) is 0 Å². The van der Waals surface area contributed by atoms with Crippen LogP contribution in [0.4, 0.5) is 0 Å². The van der Waals surface area contributed by atoms with Crippen molar-refractivity contribution in [3.05, 3.63) is 63.5 Å². The number of benzene rings is 2. The van der Waals surface area contributed by atoms with Crippen molar-refractivity contribution in [2.24, 2.45) is 5.10 Å². The number of carbonyl (C=O) groups excluding carboxylic acids is 1. The number of amides is 1. The van der Waals surface area contributed by atoms with Crippen LogP contribution in [0.2, 0.25) is 0 Å². The van der Waals surface area contributed by atoms with Gasteiger partial charge in [0.25, 0.3) is 5.91 Å². The Kier molecular flexibility index (Phi) is 3.96. The van der Waals surface area contributed by atoms with E-state index >= 15 is 0 Å². The maximum absolute atomic E-state index is 12.0. The van der Waals surface area contributed by atoms with Crippen molar-refractivity contribution in [1.82, 2.24) is 15.4 Å². The SMILES string of the molecule is O=C(NN=Cc1nc2ccccc2[nH]1)c1ccccc1I. The van der Waals surface area contributed by atoms with Crippen LogP contribution in [0.15, 0.2) is 53.6 Å². The number of para-hydroxylation sites is 2. The highest BCUT2D eigenvalue weighted by atomic mass is 127. The van der Waals surface area contributed by atoms with Crippen LogP contribution in [0.25, 0.3) is 11.0 Å². The second-order valence-electron chi connectivity index (χ2n) is 4.32. The maximum atomic E-state index is 12.0. The largest absolute Gasteiger partial charge is 0.337 e. The number of halogens is 1. The van der Waals surface area contributed by atoms with Gasteiger partial charge in [-0.2, -0.15) is 5.10 Å². The molecule has 0 saturated carbocycles. The van der Waals surface area contributed by atoms with E-state index in [-0.39, 0.29) is 5.91 Å². The molecular formula is C15H11IN4O. The van der Waals surface area contributed by atoms with Gasteiger partial charge in [-0.1, -0.05) is 24.3 Å². The van der Waals surface area contributed by atoms with Crippen LogP contribution in [0.5, 0.6) is 0 Å². The van der Waals surface area contributed by atoms with Gasteiger partial charge in [0.1, 0.15) is 0 Å². The van der Waals surface area contributed by atoms with Gasteiger partial charge in [0, 0.05) is 3.57 Å². The van der Waals surface area contributed by atoms with E-state index in [9.17, 15) is 4.79 Å². The molecule has 0 unspecified atom stereocenters. The summed E-state index contributed by atoms with van der Waals surface area (Å²) in [4.78, 5) is 19.4. The molecule has 6 heteroatoms. The summed E-state index contributed by atoms with van der Waals surface area (Å²) < 4.78 is 0.881. The minimum absolute atomic E-state index is 0.243. The van der Waals surface area contributed by atoms with Crippen molar-refractivity contribution in [1.29, 1.82) is 0 Å². The lowest BCUT2D eigenvalue weighted by atomic mass is 10.2. The van der Waals surface area contributed by atoms with E-state index in [1.807, 2.05) is 42.5 Å². The monoisotopic (exact) mass is 390 g/mol. The summed E-state index contributed by atoms with van der Waals surface area (Å²) in [6, 6.07) is 15.0. The lowest BCUT2D eigenvalue weighted by Gasteiger charge is -2.01. The van der Waals surface area contributed by atoms with Crippen LogP contribution in [-0.2, 0) is 0 Å². The Morgan fingerprint density at radius 3 is 2.76 bits per heavy atom. The first-order valence-electron chi connectivity index (χ1n) is 6.27. The molecule has 21 heavy (non-hydrogen) atoms. The van der Waals surface area contributed by atoms with Crippen LogP contribution in [0, 0.1) is 3.57 Å². The molecule has 0 saturated heterocycles. The lowest BCUT2D eigenvalue weighted by molar-refractivity contribution is 0.0954. The van der Waals surface area contributed by atoms with Gasteiger partial charge in [-0.3, -0.25) is 4.79 Å². The molecule has 0 aliphatic rings. The summed E-state index contributed by atoms with van der Waals surface area (Å²) in [6.07, 6.45) is 1.49. The molecule has 0 spiro atoms. The molecule has 0 radical (unpaired) electrons. The maximum Gasteiger partial charge on any atom is 0.272 e. The number of nitrogens with zero attached hydrogens (tertiary/aromatic N) is 2. The molecule has 1 amide bonds. The standard InChI is InChI=1S/C15H11IN4O/c16-11-6-2-1-5-10(11)15(21)20-17-9-14-18-12-7-3-4-8-13(12)19-14/h1-9H,(H,18,19)(H,20,21). The predicted molar refractivity (Wildman–Crippen MR) is 90.3 cm³/mol. The number of nitrogens with one attached hydrogen (secondary N) is 2. The first kappa shape index (κ1) is 13.7. The fraction of sp³-hybridized carbons (Fsp3) is 0. The quantitative estimate of drug-likeness (QED) is 0.410. The molecule has 5 nitrogen and oxygen atoms in total. The zero-order valence-electron chi connectivity index (χ0n) is 10.9. The van der Waals surface area contributed by atoms with Crippen molar-refractivity contribution in [3.8, 4) is 0 Å². The van der Waals surface area contributed by atoms with E-state index in [0.717, 1.165) is 14.6 Å². The molecule has 0 aliphatic heterocycles. The molecule has 3 rings (SSSR count). The molecular weight excluding hydrogens is 379 g/mol. The van der Waals surface area contributed by atoms with Gasteiger partial charge < -0.3 is 4.98 Å². The van der Waals surface area contributed by atoms with E-state index in [4.69, 9.17) is 0 Å². The average Bonchev–Trinajstić information content (AvgIpc) is 2.90. The van der Waals surface area contributed by atoms with Crippen LogP contribution >= 0.6 is 22.6 Å². The van der Waals surface area contributed by atoms with Gasteiger partial charge >= 0.3 is 0 Å². The third-order valence-corrected chi connectivity index (χ3v) is 3.82. The summed E-state index contributed by atoms with van der Waals surface area (Å²) in [5, 5.41) is 3.93. The van der Waals surface area contributed by atoms with E-state index in [1.165, 1.54) is 6.21 Å². The molecule has 2 aromatic carbocycles. The van der Waals surface area contributed by atoms with E-state index in [2.05, 4.69) is 43.1 Å². The van der Waals surface area contributed by atoms with Gasteiger partial charge in [0.15, 0.2) is 5.82 Å². The molecule has 0 fully saturated rings. The van der Waals surface area contributed by atoms with Gasteiger partial charge in [-0.25, -0.2) is 10.4 Å². The number of aromatic amines is 1. The molecule has 0 aliphatic carbocycles. The minimum Gasteiger partial charge on any atom is -0.337 e. The Labute approximate surface area is 134 Å². The fourth-order valence-electron chi connectivity index (χ4n) is 1.89. The summed E-state index contributed by atoms with van der Waals surface area (Å²) in [7, 11) is 0. The van der Waals surface area contributed by atoms with Crippen LogP contribution in [-0.4, -0.2) is 22.1 Å². The van der Waals surface area contributed by atoms with Crippen molar-refractivity contribution >= 4 is 45.7 Å². The summed E-state index contributed by atoms with van der Waals surface area (Å²) in [5.41, 5.74) is 4.89. The first-order valence-corrected chi connectivity index (χ1v) is 7.34. The van der Waals surface area contributed by atoms with Crippen molar-refractivity contribution in [2.45, 2.75) is 0 Å². The van der Waals surface area contributed by atoms with E-state index in [0.29, 0.717) is 11.4 Å². The number of hydrogen-bond acceptors (Lipinski definition) is 3. The van der Waals surface area contributed by atoms with Crippen LogP contribution in [0.3, 0.4) is 0 Å². The predicted octanol–water partition coefficient (Wildman–Crippen LogP) is 2.93. The molecule has 0 bridgehead atoms. The number of hydrogen-bond donors (Lipinski definition) is 2. The minimum atomic E-state index is -0.243. The summed E-state index contributed by atoms with van der Waals surface area (Å²) in [5.74, 6) is 0.353. The first-order chi connectivity index (χ1) is 10.2. The highest BCUT2D eigenvalue weighted by Crippen LogP contribution is 2.11. The number of fused-ring (bicyclic) bond motifs is 1. The molecule has 2 N–H and O–H groups in total. The topological polar surface area (TPSA) is 70.1 Å². The Hall–Kier alpha value is -2.22. The van der Waals surface area contributed by atoms with Crippen LogP contribution in [0.1, 0.15) is 16.2 Å². The smallest absolute Gasteiger partial charge is 0.272 e. The highest BCUT2D eigenvalue weighted by molar-refractivity contribution is 14.1. The molecule has 1 heterocycles. The number of carbonyl (C=O) groups is 1. The van der Waals surface area contributed by atoms with Gasteiger partial charge in [-0.05, 0) is 46.9 Å². The summed E-state index contributed by atoms with van der Waals surface area (Å²) >= 11 is 2.12. The van der Waals surface area contributed by atoms with Gasteiger partial charge in [0.2, 0.25) is 0 Å². The van der Waals surface area contributed by atoms with Crippen molar-refractivity contribution in [2.75, 3.05) is 0 Å². The second kappa shape index (κ2) is 6.04. The lowest BCUT2D eigenvalue weighted by Crippen LogP contribution is -2.18. The number of aromatic nitrogens is 2. The Morgan fingerprint density at radius 2 is 1.95 bits per heavy atom. The summed E-state index contributed by atoms with van der Waals surface area (Å²) in [6.45, 7) is 0. The molecule has 1 aromatic heterocycles.